The Morgan fingerprint density at radius 2 is 2.21 bits per heavy atom. The lowest BCUT2D eigenvalue weighted by Crippen LogP contribution is -2.25. The van der Waals surface area contributed by atoms with Gasteiger partial charge < -0.3 is 10.1 Å². The van der Waals surface area contributed by atoms with Gasteiger partial charge in [-0.05, 0) is 13.8 Å². The summed E-state index contributed by atoms with van der Waals surface area (Å²) in [6.07, 6.45) is 8.67. The minimum absolute atomic E-state index is 0.603. The summed E-state index contributed by atoms with van der Waals surface area (Å²) in [4.78, 5) is 4.02. The standard InChI is InChI=1S/C11H14N2O/c1-5-11(2,3)14-10-6-9(12-4)7-13-8-10/h1,6-8,12H,2-4H3. The van der Waals surface area contributed by atoms with Crippen LogP contribution >= 0.6 is 0 Å². The number of anilines is 1. The summed E-state index contributed by atoms with van der Waals surface area (Å²) in [6.45, 7) is 3.66. The molecule has 0 atom stereocenters. The van der Waals surface area contributed by atoms with Crippen LogP contribution in [0.15, 0.2) is 18.5 Å². The van der Waals surface area contributed by atoms with Crippen LogP contribution in [0.5, 0.6) is 5.75 Å². The van der Waals surface area contributed by atoms with Crippen LogP contribution in [-0.2, 0) is 0 Å². The Hall–Kier alpha value is -1.69. The lowest BCUT2D eigenvalue weighted by molar-refractivity contribution is 0.172. The van der Waals surface area contributed by atoms with Gasteiger partial charge in [-0.25, -0.2) is 0 Å². The van der Waals surface area contributed by atoms with Gasteiger partial charge in [0.2, 0.25) is 0 Å². The second kappa shape index (κ2) is 4.01. The van der Waals surface area contributed by atoms with Crippen LogP contribution in [0.4, 0.5) is 5.69 Å². The lowest BCUT2D eigenvalue weighted by atomic mass is 10.1. The fourth-order valence-electron chi connectivity index (χ4n) is 0.935. The van der Waals surface area contributed by atoms with Gasteiger partial charge in [0.1, 0.15) is 5.75 Å². The predicted molar refractivity (Wildman–Crippen MR) is 57.3 cm³/mol. The van der Waals surface area contributed by atoms with Crippen molar-refractivity contribution in [1.29, 1.82) is 0 Å². The molecule has 0 aliphatic heterocycles. The highest BCUT2D eigenvalue weighted by Crippen LogP contribution is 2.19. The Morgan fingerprint density at radius 3 is 2.79 bits per heavy atom. The van der Waals surface area contributed by atoms with Crippen molar-refractivity contribution in [3.8, 4) is 18.1 Å². The monoisotopic (exact) mass is 190 g/mol. The summed E-state index contributed by atoms with van der Waals surface area (Å²) in [7, 11) is 1.83. The molecule has 0 radical (unpaired) electrons. The van der Waals surface area contributed by atoms with Crippen molar-refractivity contribution in [3.05, 3.63) is 18.5 Å². The maximum atomic E-state index is 5.55. The van der Waals surface area contributed by atoms with E-state index in [1.165, 1.54) is 0 Å². The molecule has 1 N–H and O–H groups in total. The molecule has 0 bridgehead atoms. The maximum Gasteiger partial charge on any atom is 0.163 e. The SMILES string of the molecule is C#CC(C)(C)Oc1cncc(NC)c1. The highest BCUT2D eigenvalue weighted by atomic mass is 16.5. The Morgan fingerprint density at radius 1 is 1.50 bits per heavy atom. The molecule has 0 aliphatic carbocycles. The molecule has 0 spiro atoms. The number of pyridine rings is 1. The van der Waals surface area contributed by atoms with Gasteiger partial charge in [0.15, 0.2) is 5.60 Å². The number of terminal acetylenes is 1. The molecule has 0 unspecified atom stereocenters. The molecule has 0 fully saturated rings. The third kappa shape index (κ3) is 2.67. The second-order valence-electron chi connectivity index (χ2n) is 3.42. The average Bonchev–Trinajstić information content (AvgIpc) is 2.17. The van der Waals surface area contributed by atoms with Crippen molar-refractivity contribution in [3.63, 3.8) is 0 Å². The van der Waals surface area contributed by atoms with Crippen molar-refractivity contribution in [1.82, 2.24) is 4.98 Å². The van der Waals surface area contributed by atoms with Crippen molar-refractivity contribution in [2.75, 3.05) is 12.4 Å². The summed E-state index contributed by atoms with van der Waals surface area (Å²) in [6, 6.07) is 1.85. The fraction of sp³-hybridized carbons (Fsp3) is 0.364. The molecule has 0 saturated heterocycles. The summed E-state index contributed by atoms with van der Waals surface area (Å²) in [5.41, 5.74) is 0.295. The molecule has 3 heteroatoms. The molecule has 1 aromatic heterocycles. The van der Waals surface area contributed by atoms with Crippen LogP contribution in [0, 0.1) is 12.3 Å². The number of nitrogens with zero attached hydrogens (tertiary/aromatic N) is 1. The van der Waals surface area contributed by atoms with E-state index in [1.807, 2.05) is 27.0 Å². The Bertz CT molecular complexity index is 353. The molecule has 0 aliphatic rings. The first-order valence-corrected chi connectivity index (χ1v) is 4.37. The van der Waals surface area contributed by atoms with Gasteiger partial charge in [0.05, 0.1) is 18.1 Å². The normalized spacial score (nSPS) is 10.4. The Kier molecular flexibility index (Phi) is 2.98. The summed E-state index contributed by atoms with van der Waals surface area (Å²) < 4.78 is 5.55. The number of hydrogen-bond acceptors (Lipinski definition) is 3. The van der Waals surface area contributed by atoms with Crippen LogP contribution in [0.2, 0.25) is 0 Å². The molecule has 1 rings (SSSR count). The first-order valence-electron chi connectivity index (χ1n) is 4.37. The van der Waals surface area contributed by atoms with Gasteiger partial charge in [-0.3, -0.25) is 4.98 Å². The van der Waals surface area contributed by atoms with Crippen molar-refractivity contribution >= 4 is 5.69 Å². The van der Waals surface area contributed by atoms with Crippen LogP contribution < -0.4 is 10.1 Å². The molecule has 1 heterocycles. The van der Waals surface area contributed by atoms with Crippen LogP contribution in [0.1, 0.15) is 13.8 Å². The fourth-order valence-corrected chi connectivity index (χ4v) is 0.935. The quantitative estimate of drug-likeness (QED) is 0.739. The molecule has 0 amide bonds. The minimum Gasteiger partial charge on any atom is -0.473 e. The minimum atomic E-state index is -0.603. The van der Waals surface area contributed by atoms with Gasteiger partial charge in [0.25, 0.3) is 0 Å². The van der Waals surface area contributed by atoms with Crippen LogP contribution in [0.3, 0.4) is 0 Å². The third-order valence-corrected chi connectivity index (χ3v) is 1.72. The van der Waals surface area contributed by atoms with E-state index in [9.17, 15) is 0 Å². The van der Waals surface area contributed by atoms with E-state index in [2.05, 4.69) is 16.2 Å². The van der Waals surface area contributed by atoms with Crippen LogP contribution in [-0.4, -0.2) is 17.6 Å². The molecular formula is C11H14N2O. The first kappa shape index (κ1) is 10.4. The van der Waals surface area contributed by atoms with Crippen molar-refractivity contribution in [2.24, 2.45) is 0 Å². The molecule has 14 heavy (non-hydrogen) atoms. The van der Waals surface area contributed by atoms with Crippen molar-refractivity contribution < 1.29 is 4.74 Å². The summed E-state index contributed by atoms with van der Waals surface area (Å²) in [5, 5.41) is 2.98. The number of aromatic nitrogens is 1. The topological polar surface area (TPSA) is 34.1 Å². The van der Waals surface area contributed by atoms with E-state index >= 15 is 0 Å². The maximum absolute atomic E-state index is 5.55. The van der Waals surface area contributed by atoms with E-state index in [0.717, 1.165) is 5.69 Å². The Labute approximate surface area is 84.5 Å². The van der Waals surface area contributed by atoms with E-state index in [0.29, 0.717) is 5.75 Å². The summed E-state index contributed by atoms with van der Waals surface area (Å²) in [5.74, 6) is 3.22. The van der Waals surface area contributed by atoms with E-state index in [-0.39, 0.29) is 0 Å². The zero-order valence-electron chi connectivity index (χ0n) is 8.66. The molecule has 0 aromatic carbocycles. The Balaban J connectivity index is 2.83. The molecule has 0 saturated carbocycles. The number of rotatable bonds is 3. The van der Waals surface area contributed by atoms with E-state index in [4.69, 9.17) is 11.2 Å². The molecule has 1 aromatic rings. The second-order valence-corrected chi connectivity index (χ2v) is 3.42. The van der Waals surface area contributed by atoms with E-state index < -0.39 is 5.60 Å². The smallest absolute Gasteiger partial charge is 0.163 e. The lowest BCUT2D eigenvalue weighted by Gasteiger charge is -2.20. The van der Waals surface area contributed by atoms with Crippen molar-refractivity contribution in [2.45, 2.75) is 19.4 Å². The first-order chi connectivity index (χ1) is 6.57. The highest BCUT2D eigenvalue weighted by molar-refractivity contribution is 5.44. The van der Waals surface area contributed by atoms with Gasteiger partial charge in [0, 0.05) is 13.1 Å². The zero-order chi connectivity index (χ0) is 10.6. The number of ether oxygens (including phenoxy) is 1. The summed E-state index contributed by atoms with van der Waals surface area (Å²) >= 11 is 0. The van der Waals surface area contributed by atoms with Crippen LogP contribution in [0.25, 0.3) is 0 Å². The number of nitrogens with one attached hydrogen (secondary N) is 1. The van der Waals surface area contributed by atoms with Gasteiger partial charge >= 0.3 is 0 Å². The van der Waals surface area contributed by atoms with E-state index in [1.54, 1.807) is 12.4 Å². The molecular weight excluding hydrogens is 176 g/mol. The van der Waals surface area contributed by atoms with Gasteiger partial charge in [-0.2, -0.15) is 0 Å². The van der Waals surface area contributed by atoms with Gasteiger partial charge in [-0.1, -0.05) is 5.92 Å². The highest BCUT2D eigenvalue weighted by Gasteiger charge is 2.15. The molecule has 74 valence electrons. The number of hydrogen-bond donors (Lipinski definition) is 1. The average molecular weight is 190 g/mol. The zero-order valence-corrected chi connectivity index (χ0v) is 8.66. The molecule has 3 nitrogen and oxygen atoms in total. The third-order valence-electron chi connectivity index (χ3n) is 1.72. The predicted octanol–water partition coefficient (Wildman–Crippen LogP) is 1.91. The largest absolute Gasteiger partial charge is 0.473 e. The van der Waals surface area contributed by atoms with Gasteiger partial charge in [-0.15, -0.1) is 6.42 Å².